The monoisotopic (exact) mass is 384 g/mol. The average Bonchev–Trinajstić information content (AvgIpc) is 2.56. The lowest BCUT2D eigenvalue weighted by Gasteiger charge is -2.42. The lowest BCUT2D eigenvalue weighted by Crippen LogP contribution is -2.61. The minimum atomic E-state index is -1.74. The lowest BCUT2D eigenvalue weighted by molar-refractivity contribution is -0.327. The Balaban J connectivity index is 2.93. The summed E-state index contributed by atoms with van der Waals surface area (Å²) >= 11 is 0. The number of hydrogen-bond acceptors (Lipinski definition) is 10. The predicted molar refractivity (Wildman–Crippen MR) is 87.8 cm³/mol. The fraction of sp³-hybridized carbons (Fsp3) is 1.00. The number of rotatable bonds is 8. The van der Waals surface area contributed by atoms with Crippen molar-refractivity contribution in [3.05, 3.63) is 0 Å². The summed E-state index contributed by atoms with van der Waals surface area (Å²) in [4.78, 5) is 0. The Morgan fingerprint density at radius 1 is 0.923 bits per heavy atom. The second-order valence-corrected chi connectivity index (χ2v) is 7.87. The third-order valence-electron chi connectivity index (χ3n) is 4.26. The molecule has 156 valence electrons. The molecule has 1 heterocycles. The van der Waals surface area contributed by atoms with Crippen LogP contribution < -0.4 is 0 Å². The van der Waals surface area contributed by atoms with Crippen molar-refractivity contribution in [2.24, 2.45) is 5.41 Å². The third kappa shape index (κ3) is 6.06. The smallest absolute Gasteiger partial charge is 0.187 e. The van der Waals surface area contributed by atoms with E-state index in [4.69, 9.17) is 9.47 Å². The van der Waals surface area contributed by atoms with Gasteiger partial charge < -0.3 is 50.3 Å². The first-order valence-corrected chi connectivity index (χ1v) is 8.54. The van der Waals surface area contributed by atoms with Crippen LogP contribution in [0.3, 0.4) is 0 Å². The van der Waals surface area contributed by atoms with Gasteiger partial charge in [-0.1, -0.05) is 20.8 Å². The Kier molecular flexibility index (Phi) is 8.81. The minimum absolute atomic E-state index is 0.154. The quantitative estimate of drug-likeness (QED) is 0.211. The van der Waals surface area contributed by atoms with Crippen molar-refractivity contribution in [1.29, 1.82) is 0 Å². The van der Waals surface area contributed by atoms with Gasteiger partial charge in [-0.3, -0.25) is 0 Å². The molecule has 10 nitrogen and oxygen atoms in total. The van der Waals surface area contributed by atoms with Gasteiger partial charge in [0, 0.05) is 0 Å². The van der Waals surface area contributed by atoms with Gasteiger partial charge in [0.15, 0.2) is 6.29 Å². The summed E-state index contributed by atoms with van der Waals surface area (Å²) in [6.45, 7) is 4.02. The Labute approximate surface area is 152 Å². The highest BCUT2D eigenvalue weighted by Crippen LogP contribution is 2.27. The van der Waals surface area contributed by atoms with E-state index in [2.05, 4.69) is 0 Å². The second kappa shape index (κ2) is 9.69. The molecule has 0 aromatic heterocycles. The van der Waals surface area contributed by atoms with Crippen molar-refractivity contribution in [2.45, 2.75) is 82.3 Å². The molecular weight excluding hydrogens is 352 g/mol. The molecule has 0 radical (unpaired) electrons. The first-order valence-electron chi connectivity index (χ1n) is 8.54. The van der Waals surface area contributed by atoms with Crippen LogP contribution in [0.15, 0.2) is 0 Å². The highest BCUT2D eigenvalue weighted by atomic mass is 16.7. The molecule has 9 atom stereocenters. The Morgan fingerprint density at radius 3 is 1.96 bits per heavy atom. The molecule has 1 aliphatic heterocycles. The summed E-state index contributed by atoms with van der Waals surface area (Å²) in [5.41, 5.74) is -0.349. The predicted octanol–water partition coefficient (Wildman–Crippen LogP) is -3.32. The van der Waals surface area contributed by atoms with Gasteiger partial charge in [0.25, 0.3) is 0 Å². The first-order chi connectivity index (χ1) is 11.9. The molecule has 0 spiro atoms. The molecule has 0 aromatic carbocycles. The molecule has 0 amide bonds. The molecule has 26 heavy (non-hydrogen) atoms. The van der Waals surface area contributed by atoms with E-state index in [1.807, 2.05) is 20.8 Å². The summed E-state index contributed by atoms with van der Waals surface area (Å²) in [6.07, 6.45) is -13.9. The van der Waals surface area contributed by atoms with E-state index in [-0.39, 0.29) is 11.8 Å². The summed E-state index contributed by atoms with van der Waals surface area (Å²) in [5, 5.41) is 78.4. The van der Waals surface area contributed by atoms with E-state index >= 15 is 0 Å². The van der Waals surface area contributed by atoms with Gasteiger partial charge in [0.1, 0.15) is 42.7 Å². The van der Waals surface area contributed by atoms with Crippen molar-refractivity contribution < 1.29 is 50.3 Å². The zero-order chi connectivity index (χ0) is 20.2. The third-order valence-corrected chi connectivity index (χ3v) is 4.26. The molecule has 1 aliphatic rings. The normalized spacial score (nSPS) is 35.0. The lowest BCUT2D eigenvalue weighted by atomic mass is 9.86. The van der Waals surface area contributed by atoms with Crippen molar-refractivity contribution in [2.75, 3.05) is 13.2 Å². The molecule has 10 heteroatoms. The van der Waals surface area contributed by atoms with E-state index in [0.29, 0.717) is 0 Å². The zero-order valence-corrected chi connectivity index (χ0v) is 15.2. The van der Waals surface area contributed by atoms with Gasteiger partial charge in [-0.05, 0) is 11.8 Å². The largest absolute Gasteiger partial charge is 0.394 e. The Bertz CT molecular complexity index is 412. The number of aliphatic hydroxyl groups is 8. The van der Waals surface area contributed by atoms with E-state index in [0.717, 1.165) is 0 Å². The van der Waals surface area contributed by atoms with Gasteiger partial charge in [0.05, 0.1) is 19.3 Å². The van der Waals surface area contributed by atoms with Gasteiger partial charge >= 0.3 is 0 Å². The van der Waals surface area contributed by atoms with Gasteiger partial charge in [-0.2, -0.15) is 0 Å². The highest BCUT2D eigenvalue weighted by molar-refractivity contribution is 4.91. The van der Waals surface area contributed by atoms with Crippen LogP contribution >= 0.6 is 0 Å². The van der Waals surface area contributed by atoms with Crippen molar-refractivity contribution in [3.63, 3.8) is 0 Å². The number of hydrogen-bond donors (Lipinski definition) is 8. The number of ether oxygens (including phenoxy) is 2. The molecule has 0 saturated carbocycles. The van der Waals surface area contributed by atoms with Crippen LogP contribution in [0.25, 0.3) is 0 Å². The summed E-state index contributed by atoms with van der Waals surface area (Å²) in [7, 11) is 0. The van der Waals surface area contributed by atoms with Crippen LogP contribution in [0, 0.1) is 5.41 Å². The first kappa shape index (κ1) is 23.6. The van der Waals surface area contributed by atoms with Gasteiger partial charge in [-0.15, -0.1) is 0 Å². The molecule has 0 aromatic rings. The van der Waals surface area contributed by atoms with E-state index in [9.17, 15) is 40.9 Å². The maximum absolute atomic E-state index is 10.4. The molecule has 0 bridgehead atoms. The maximum Gasteiger partial charge on any atom is 0.187 e. The summed E-state index contributed by atoms with van der Waals surface area (Å²) in [5.74, 6) is 0. The molecule has 8 N–H and O–H groups in total. The van der Waals surface area contributed by atoms with E-state index < -0.39 is 68.3 Å². The Morgan fingerprint density at radius 2 is 1.50 bits per heavy atom. The molecule has 1 rings (SSSR count). The van der Waals surface area contributed by atoms with Crippen molar-refractivity contribution >= 4 is 0 Å². The van der Waals surface area contributed by atoms with Crippen LogP contribution in [0.1, 0.15) is 27.2 Å². The van der Waals surface area contributed by atoms with Gasteiger partial charge in [0.2, 0.25) is 0 Å². The second-order valence-electron chi connectivity index (χ2n) is 7.87. The number of aliphatic hydroxyl groups excluding tert-OH is 8. The molecule has 0 aliphatic carbocycles. The van der Waals surface area contributed by atoms with E-state index in [1.54, 1.807) is 0 Å². The zero-order valence-electron chi connectivity index (χ0n) is 15.2. The van der Waals surface area contributed by atoms with E-state index in [1.165, 1.54) is 0 Å². The molecule has 1 fully saturated rings. The average molecular weight is 384 g/mol. The van der Waals surface area contributed by atoms with Crippen LogP contribution in [-0.4, -0.2) is 109 Å². The van der Waals surface area contributed by atoms with Crippen LogP contribution in [0.2, 0.25) is 0 Å². The minimum Gasteiger partial charge on any atom is -0.394 e. The standard InChI is InChI=1S/C16H32O10/c1-16(2,3)4-7(19)10(21)14(8(20)5-17)26-15-13(24)12(23)11(22)9(6-18)25-15/h7-15,17-24H,4-6H2,1-3H3/t7-,8+,9-,10+,11-,12-,13+,14+,15-/m0/s1. The molecule has 0 unspecified atom stereocenters. The van der Waals surface area contributed by atoms with Crippen molar-refractivity contribution in [1.82, 2.24) is 0 Å². The van der Waals surface area contributed by atoms with Crippen molar-refractivity contribution in [3.8, 4) is 0 Å². The summed E-state index contributed by atoms with van der Waals surface area (Å²) < 4.78 is 10.5. The molecule has 1 saturated heterocycles. The van der Waals surface area contributed by atoms with Crippen LogP contribution in [0.5, 0.6) is 0 Å². The Hall–Kier alpha value is -0.400. The fourth-order valence-electron chi connectivity index (χ4n) is 2.80. The summed E-state index contributed by atoms with van der Waals surface area (Å²) in [6, 6.07) is 0. The molecular formula is C16H32O10. The maximum atomic E-state index is 10.4. The SMILES string of the molecule is CC(C)(C)C[C@H](O)[C@@H](O)[C@H](O[C@@H]1O[C@@H](CO)[C@H](O)[C@H](O)[C@H]1O)[C@H](O)CO. The van der Waals surface area contributed by atoms with Crippen LogP contribution in [-0.2, 0) is 9.47 Å². The van der Waals surface area contributed by atoms with Gasteiger partial charge in [-0.25, -0.2) is 0 Å². The highest BCUT2D eigenvalue weighted by Gasteiger charge is 2.46. The topological polar surface area (TPSA) is 180 Å². The fourth-order valence-corrected chi connectivity index (χ4v) is 2.80. The van der Waals surface area contributed by atoms with Crippen LogP contribution in [0.4, 0.5) is 0 Å².